The normalized spacial score (nSPS) is 17.4. The smallest absolute Gasteiger partial charge is 0.177 e. The number of fused-ring (bicyclic) bond motifs is 1. The van der Waals surface area contributed by atoms with Crippen LogP contribution in [-0.2, 0) is 0 Å². The first-order valence-electron chi connectivity index (χ1n) is 8.03. The fourth-order valence-electron chi connectivity index (χ4n) is 3.03. The van der Waals surface area contributed by atoms with Crippen LogP contribution in [0.2, 0.25) is 5.02 Å². The lowest BCUT2D eigenvalue weighted by molar-refractivity contribution is 0.363. The Kier molecular flexibility index (Phi) is 3.66. The van der Waals surface area contributed by atoms with E-state index >= 15 is 0 Å². The molecule has 0 bridgehead atoms. The molecule has 3 N–H and O–H groups in total. The monoisotopic (exact) mass is 342 g/mol. The van der Waals surface area contributed by atoms with E-state index in [1.54, 1.807) is 0 Å². The summed E-state index contributed by atoms with van der Waals surface area (Å²) < 4.78 is 0. The fourth-order valence-corrected chi connectivity index (χ4v) is 3.22. The van der Waals surface area contributed by atoms with Crippen LogP contribution in [-0.4, -0.2) is 38.8 Å². The van der Waals surface area contributed by atoms with Crippen molar-refractivity contribution in [3.05, 3.63) is 35.5 Å². The molecule has 124 valence electrons. The topological polar surface area (TPSA) is 83.7 Å². The van der Waals surface area contributed by atoms with Crippen LogP contribution in [0.1, 0.15) is 19.8 Å². The highest BCUT2D eigenvalue weighted by Crippen LogP contribution is 2.28. The number of hydrogen-bond donors (Lipinski definition) is 2. The number of nitrogens with one attached hydrogen (secondary N) is 1. The molecule has 0 saturated carbocycles. The Morgan fingerprint density at radius 1 is 1.29 bits per heavy atom. The minimum Gasteiger partial charge on any atom is -0.355 e. The molecule has 0 radical (unpaired) electrons. The van der Waals surface area contributed by atoms with Gasteiger partial charge in [-0.2, -0.15) is 5.10 Å². The molecular formula is C17H19ClN6. The average Bonchev–Trinajstić information content (AvgIpc) is 2.98. The summed E-state index contributed by atoms with van der Waals surface area (Å²) in [5, 5.41) is 8.03. The molecule has 0 aliphatic carbocycles. The number of piperidine rings is 1. The molecule has 3 heterocycles. The van der Waals surface area contributed by atoms with E-state index in [0.29, 0.717) is 10.7 Å². The molecular weight excluding hydrogens is 324 g/mol. The van der Waals surface area contributed by atoms with Gasteiger partial charge in [-0.3, -0.25) is 5.10 Å². The van der Waals surface area contributed by atoms with Gasteiger partial charge in [0, 0.05) is 29.2 Å². The van der Waals surface area contributed by atoms with Gasteiger partial charge >= 0.3 is 0 Å². The van der Waals surface area contributed by atoms with Gasteiger partial charge in [-0.25, -0.2) is 9.97 Å². The van der Waals surface area contributed by atoms with Gasteiger partial charge in [-0.05, 0) is 31.9 Å². The zero-order chi connectivity index (χ0) is 16.7. The molecule has 0 spiro atoms. The maximum Gasteiger partial charge on any atom is 0.177 e. The first-order valence-corrected chi connectivity index (χ1v) is 8.41. The highest BCUT2D eigenvalue weighted by Gasteiger charge is 2.27. The summed E-state index contributed by atoms with van der Waals surface area (Å²) in [6, 6.07) is 7.58. The number of anilines is 1. The number of hydrogen-bond acceptors (Lipinski definition) is 5. The molecule has 2 aromatic heterocycles. The van der Waals surface area contributed by atoms with Crippen molar-refractivity contribution in [1.29, 1.82) is 0 Å². The van der Waals surface area contributed by atoms with Crippen molar-refractivity contribution < 1.29 is 0 Å². The van der Waals surface area contributed by atoms with Gasteiger partial charge in [0.15, 0.2) is 5.65 Å². The van der Waals surface area contributed by atoms with Gasteiger partial charge in [0.25, 0.3) is 0 Å². The van der Waals surface area contributed by atoms with Gasteiger partial charge in [0.2, 0.25) is 0 Å². The maximum atomic E-state index is 6.20. The van der Waals surface area contributed by atoms with E-state index in [9.17, 15) is 0 Å². The van der Waals surface area contributed by atoms with E-state index in [1.165, 1.54) is 0 Å². The maximum absolute atomic E-state index is 6.20. The van der Waals surface area contributed by atoms with Crippen molar-refractivity contribution >= 4 is 28.6 Å². The van der Waals surface area contributed by atoms with Gasteiger partial charge in [-0.15, -0.1) is 0 Å². The zero-order valence-corrected chi connectivity index (χ0v) is 14.2. The molecule has 6 nitrogen and oxygen atoms in total. The standard InChI is InChI=1S/C17H19ClN6/c1-17(19)5-7-24(8-6-17)13-10-20-15-14(22-23-16(15)21-13)11-3-2-4-12(18)9-11/h2-4,9-10H,5-8,19H2,1H3,(H,21,22,23). The number of rotatable bonds is 2. The number of aromatic amines is 1. The largest absolute Gasteiger partial charge is 0.355 e. The van der Waals surface area contributed by atoms with Crippen LogP contribution in [0.3, 0.4) is 0 Å². The van der Waals surface area contributed by atoms with Crippen molar-refractivity contribution in [1.82, 2.24) is 20.2 Å². The Bertz CT molecular complexity index is 878. The molecule has 1 fully saturated rings. The molecule has 24 heavy (non-hydrogen) atoms. The summed E-state index contributed by atoms with van der Waals surface area (Å²) >= 11 is 6.07. The van der Waals surface area contributed by atoms with Crippen LogP contribution < -0.4 is 10.6 Å². The Labute approximate surface area is 145 Å². The number of nitrogens with two attached hydrogens (primary N) is 1. The van der Waals surface area contributed by atoms with Crippen LogP contribution in [0.5, 0.6) is 0 Å². The third-order valence-electron chi connectivity index (χ3n) is 4.59. The number of halogens is 1. The zero-order valence-electron chi connectivity index (χ0n) is 13.5. The predicted molar refractivity (Wildman–Crippen MR) is 96.2 cm³/mol. The molecule has 1 saturated heterocycles. The van der Waals surface area contributed by atoms with Crippen molar-refractivity contribution in [2.45, 2.75) is 25.3 Å². The summed E-state index contributed by atoms with van der Waals surface area (Å²) in [5.41, 5.74) is 9.24. The van der Waals surface area contributed by atoms with Gasteiger partial charge in [-0.1, -0.05) is 23.7 Å². The van der Waals surface area contributed by atoms with E-state index in [0.717, 1.165) is 48.5 Å². The summed E-state index contributed by atoms with van der Waals surface area (Å²) in [7, 11) is 0. The third kappa shape index (κ3) is 2.83. The minimum absolute atomic E-state index is 0.0816. The van der Waals surface area contributed by atoms with Crippen molar-refractivity contribution in [2.75, 3.05) is 18.0 Å². The lowest BCUT2D eigenvalue weighted by atomic mass is 9.91. The second kappa shape index (κ2) is 5.72. The predicted octanol–water partition coefficient (Wildman–Crippen LogP) is 2.99. The summed E-state index contributed by atoms with van der Waals surface area (Å²) in [6.07, 6.45) is 3.71. The van der Waals surface area contributed by atoms with Crippen LogP contribution in [0.4, 0.5) is 5.82 Å². The van der Waals surface area contributed by atoms with E-state index in [2.05, 4.69) is 32.0 Å². The minimum atomic E-state index is -0.0816. The Balaban J connectivity index is 1.66. The van der Waals surface area contributed by atoms with Gasteiger partial charge in [0.1, 0.15) is 17.0 Å². The molecule has 3 aromatic rings. The molecule has 0 amide bonds. The molecule has 7 heteroatoms. The molecule has 1 aliphatic rings. The van der Waals surface area contributed by atoms with Crippen LogP contribution >= 0.6 is 11.6 Å². The van der Waals surface area contributed by atoms with E-state index in [1.807, 2.05) is 30.5 Å². The van der Waals surface area contributed by atoms with Gasteiger partial charge in [0.05, 0.1) is 6.20 Å². The van der Waals surface area contributed by atoms with Crippen LogP contribution in [0.25, 0.3) is 22.4 Å². The third-order valence-corrected chi connectivity index (χ3v) is 4.82. The highest BCUT2D eigenvalue weighted by molar-refractivity contribution is 6.30. The summed E-state index contributed by atoms with van der Waals surface area (Å²) in [6.45, 7) is 3.89. The second-order valence-corrected chi connectivity index (χ2v) is 7.09. The number of nitrogens with zero attached hydrogens (tertiary/aromatic N) is 4. The van der Waals surface area contributed by atoms with Crippen molar-refractivity contribution in [3.8, 4) is 11.3 Å². The molecule has 0 unspecified atom stereocenters. The number of benzene rings is 1. The van der Waals surface area contributed by atoms with E-state index in [4.69, 9.17) is 17.3 Å². The summed E-state index contributed by atoms with van der Waals surface area (Å²) in [4.78, 5) is 11.5. The first-order chi connectivity index (χ1) is 11.5. The summed E-state index contributed by atoms with van der Waals surface area (Å²) in [5.74, 6) is 0.860. The van der Waals surface area contributed by atoms with Crippen molar-refractivity contribution in [2.24, 2.45) is 5.73 Å². The highest BCUT2D eigenvalue weighted by atomic mass is 35.5. The molecule has 0 atom stereocenters. The number of aromatic nitrogens is 4. The van der Waals surface area contributed by atoms with E-state index < -0.39 is 0 Å². The Hall–Kier alpha value is -2.18. The van der Waals surface area contributed by atoms with Gasteiger partial charge < -0.3 is 10.6 Å². The van der Waals surface area contributed by atoms with Crippen molar-refractivity contribution in [3.63, 3.8) is 0 Å². The van der Waals surface area contributed by atoms with Crippen LogP contribution in [0, 0.1) is 0 Å². The first kappa shape index (κ1) is 15.4. The molecule has 1 aliphatic heterocycles. The molecule has 1 aromatic carbocycles. The Morgan fingerprint density at radius 3 is 2.83 bits per heavy atom. The SMILES string of the molecule is CC1(N)CCN(c2cnc3c(-c4cccc(Cl)c4)n[nH]c3n2)CC1. The lowest BCUT2D eigenvalue weighted by Gasteiger charge is -2.37. The second-order valence-electron chi connectivity index (χ2n) is 6.65. The quantitative estimate of drug-likeness (QED) is 0.748. The Morgan fingerprint density at radius 2 is 2.08 bits per heavy atom. The molecule has 4 rings (SSSR count). The van der Waals surface area contributed by atoms with Crippen LogP contribution in [0.15, 0.2) is 30.5 Å². The fraction of sp³-hybridized carbons (Fsp3) is 0.353. The van der Waals surface area contributed by atoms with E-state index in [-0.39, 0.29) is 5.54 Å². The average molecular weight is 343 g/mol. The lowest BCUT2D eigenvalue weighted by Crippen LogP contribution is -2.48. The number of H-pyrrole nitrogens is 1.